The highest BCUT2D eigenvalue weighted by molar-refractivity contribution is 4.68. The second-order valence-corrected chi connectivity index (χ2v) is 2.63. The number of aliphatic hydroxyl groups is 2. The average molecular weight is 163 g/mol. The summed E-state index contributed by atoms with van der Waals surface area (Å²) in [6, 6.07) is -0.822. The SMILES string of the molecule is CC(C(O)CO)C(C)[N+](=O)[O-]. The van der Waals surface area contributed by atoms with Crippen LogP contribution >= 0.6 is 0 Å². The Balaban J connectivity index is 4.00. The van der Waals surface area contributed by atoms with E-state index in [0.717, 1.165) is 0 Å². The largest absolute Gasteiger partial charge is 0.394 e. The molecule has 0 aliphatic rings. The van der Waals surface area contributed by atoms with Crippen LogP contribution in [0.2, 0.25) is 0 Å². The Hall–Kier alpha value is -0.680. The number of hydrogen-bond donors (Lipinski definition) is 2. The van der Waals surface area contributed by atoms with Crippen molar-refractivity contribution in [3.8, 4) is 0 Å². The third kappa shape index (κ3) is 2.81. The molecule has 0 bridgehead atoms. The fourth-order valence-electron chi connectivity index (χ4n) is 0.680. The summed E-state index contributed by atoms with van der Waals surface area (Å²) in [6.07, 6.45) is -1.00. The second-order valence-electron chi connectivity index (χ2n) is 2.63. The van der Waals surface area contributed by atoms with Gasteiger partial charge in [0.05, 0.1) is 18.6 Å². The first-order valence-electron chi connectivity index (χ1n) is 3.43. The van der Waals surface area contributed by atoms with E-state index in [1.54, 1.807) is 0 Å². The zero-order valence-corrected chi connectivity index (χ0v) is 6.60. The van der Waals surface area contributed by atoms with Crippen LogP contribution in [0.5, 0.6) is 0 Å². The van der Waals surface area contributed by atoms with Gasteiger partial charge < -0.3 is 10.2 Å². The summed E-state index contributed by atoms with van der Waals surface area (Å²) in [6.45, 7) is 2.51. The van der Waals surface area contributed by atoms with E-state index in [-0.39, 0.29) is 0 Å². The van der Waals surface area contributed by atoms with Gasteiger partial charge in [0.25, 0.3) is 0 Å². The predicted molar refractivity (Wildman–Crippen MR) is 38.7 cm³/mol. The summed E-state index contributed by atoms with van der Waals surface area (Å²) >= 11 is 0. The van der Waals surface area contributed by atoms with Crippen molar-refractivity contribution in [1.82, 2.24) is 0 Å². The van der Waals surface area contributed by atoms with Crippen molar-refractivity contribution in [2.24, 2.45) is 5.92 Å². The normalized spacial score (nSPS) is 18.9. The van der Waals surface area contributed by atoms with Crippen molar-refractivity contribution in [3.05, 3.63) is 10.1 Å². The minimum Gasteiger partial charge on any atom is -0.394 e. The number of rotatable bonds is 4. The molecule has 0 spiro atoms. The summed E-state index contributed by atoms with van der Waals surface area (Å²) < 4.78 is 0. The third-order valence-corrected chi connectivity index (χ3v) is 1.89. The number of nitrogens with zero attached hydrogens (tertiary/aromatic N) is 1. The van der Waals surface area contributed by atoms with E-state index in [0.29, 0.717) is 0 Å². The molecule has 0 aromatic heterocycles. The standard InChI is InChI=1S/C6H13NO4/c1-4(6(9)3-8)5(2)7(10)11/h4-6,8-9H,3H2,1-2H3. The van der Waals surface area contributed by atoms with Gasteiger partial charge >= 0.3 is 0 Å². The van der Waals surface area contributed by atoms with E-state index in [4.69, 9.17) is 10.2 Å². The molecule has 0 fully saturated rings. The highest BCUT2D eigenvalue weighted by Gasteiger charge is 2.27. The Labute approximate surface area is 64.8 Å². The fraction of sp³-hybridized carbons (Fsp3) is 1.00. The zero-order valence-electron chi connectivity index (χ0n) is 6.60. The maximum Gasteiger partial charge on any atom is 0.215 e. The molecular formula is C6H13NO4. The molecule has 2 N–H and O–H groups in total. The van der Waals surface area contributed by atoms with E-state index in [1.807, 2.05) is 0 Å². The quantitative estimate of drug-likeness (QED) is 0.438. The molecule has 0 amide bonds. The molecule has 11 heavy (non-hydrogen) atoms. The average Bonchev–Trinajstić information content (AvgIpc) is 2.00. The van der Waals surface area contributed by atoms with Crippen LogP contribution in [0.25, 0.3) is 0 Å². The Morgan fingerprint density at radius 2 is 2.00 bits per heavy atom. The van der Waals surface area contributed by atoms with Crippen LogP contribution in [-0.2, 0) is 0 Å². The van der Waals surface area contributed by atoms with Crippen molar-refractivity contribution < 1.29 is 15.1 Å². The molecule has 0 rings (SSSR count). The predicted octanol–water partition coefficient (Wildman–Crippen LogP) is -0.359. The van der Waals surface area contributed by atoms with E-state index < -0.39 is 29.6 Å². The van der Waals surface area contributed by atoms with Crippen LogP contribution in [0.1, 0.15) is 13.8 Å². The van der Waals surface area contributed by atoms with Gasteiger partial charge in [0.1, 0.15) is 0 Å². The lowest BCUT2D eigenvalue weighted by Gasteiger charge is -2.17. The van der Waals surface area contributed by atoms with Gasteiger partial charge in [-0.1, -0.05) is 6.92 Å². The Kier molecular flexibility index (Phi) is 3.99. The van der Waals surface area contributed by atoms with Gasteiger partial charge in [-0.05, 0) is 0 Å². The van der Waals surface area contributed by atoms with E-state index >= 15 is 0 Å². The Morgan fingerprint density at radius 3 is 2.27 bits per heavy atom. The molecule has 5 heteroatoms. The number of aliphatic hydroxyl groups excluding tert-OH is 2. The Bertz CT molecular complexity index is 139. The molecule has 3 atom stereocenters. The van der Waals surface area contributed by atoms with Gasteiger partial charge in [0, 0.05) is 11.8 Å². The van der Waals surface area contributed by atoms with Crippen LogP contribution in [0.15, 0.2) is 0 Å². The van der Waals surface area contributed by atoms with Crippen LogP contribution in [0.4, 0.5) is 0 Å². The Morgan fingerprint density at radius 1 is 1.55 bits per heavy atom. The van der Waals surface area contributed by atoms with Gasteiger partial charge in [-0.2, -0.15) is 0 Å². The number of hydrogen-bond acceptors (Lipinski definition) is 4. The van der Waals surface area contributed by atoms with E-state index in [9.17, 15) is 10.1 Å². The summed E-state index contributed by atoms with van der Waals surface area (Å²) in [7, 11) is 0. The minimum atomic E-state index is -1.00. The van der Waals surface area contributed by atoms with E-state index in [1.165, 1.54) is 13.8 Å². The molecular weight excluding hydrogens is 150 g/mol. The highest BCUT2D eigenvalue weighted by Crippen LogP contribution is 2.10. The maximum absolute atomic E-state index is 10.2. The molecule has 0 radical (unpaired) electrons. The molecule has 0 aromatic carbocycles. The van der Waals surface area contributed by atoms with Crippen molar-refractivity contribution in [2.75, 3.05) is 6.61 Å². The molecule has 0 saturated heterocycles. The van der Waals surface area contributed by atoms with Gasteiger partial charge in [0.2, 0.25) is 6.04 Å². The van der Waals surface area contributed by atoms with Crippen molar-refractivity contribution in [2.45, 2.75) is 26.0 Å². The van der Waals surface area contributed by atoms with Crippen molar-refractivity contribution >= 4 is 0 Å². The minimum absolute atomic E-state index is 0.431. The molecule has 0 aromatic rings. The molecule has 66 valence electrons. The molecule has 0 heterocycles. The molecule has 5 nitrogen and oxygen atoms in total. The molecule has 0 aliphatic heterocycles. The summed E-state index contributed by atoms with van der Waals surface area (Å²) in [5.41, 5.74) is 0. The van der Waals surface area contributed by atoms with Gasteiger partial charge in [-0.3, -0.25) is 10.1 Å². The highest BCUT2D eigenvalue weighted by atomic mass is 16.6. The first-order valence-corrected chi connectivity index (χ1v) is 3.43. The second kappa shape index (κ2) is 4.25. The first-order chi connectivity index (χ1) is 5.00. The summed E-state index contributed by atoms with van der Waals surface area (Å²) in [5.74, 6) is -0.519. The fourth-order valence-corrected chi connectivity index (χ4v) is 0.680. The van der Waals surface area contributed by atoms with Crippen LogP contribution in [0.3, 0.4) is 0 Å². The molecule has 3 unspecified atom stereocenters. The lowest BCUT2D eigenvalue weighted by atomic mass is 9.98. The van der Waals surface area contributed by atoms with Crippen LogP contribution in [-0.4, -0.2) is 33.9 Å². The van der Waals surface area contributed by atoms with Crippen molar-refractivity contribution in [3.63, 3.8) is 0 Å². The van der Waals surface area contributed by atoms with Crippen LogP contribution in [0, 0.1) is 16.0 Å². The maximum atomic E-state index is 10.2. The topological polar surface area (TPSA) is 83.6 Å². The first kappa shape index (κ1) is 10.3. The molecule has 0 saturated carbocycles. The van der Waals surface area contributed by atoms with Crippen LogP contribution < -0.4 is 0 Å². The number of nitro groups is 1. The summed E-state index contributed by atoms with van der Waals surface area (Å²) in [4.78, 5) is 9.71. The van der Waals surface area contributed by atoms with Gasteiger partial charge in [-0.15, -0.1) is 0 Å². The monoisotopic (exact) mass is 163 g/mol. The van der Waals surface area contributed by atoms with Gasteiger partial charge in [-0.25, -0.2) is 0 Å². The van der Waals surface area contributed by atoms with E-state index in [2.05, 4.69) is 0 Å². The molecule has 0 aliphatic carbocycles. The third-order valence-electron chi connectivity index (χ3n) is 1.89. The summed E-state index contributed by atoms with van der Waals surface area (Å²) in [5, 5.41) is 27.6. The van der Waals surface area contributed by atoms with Gasteiger partial charge in [0.15, 0.2) is 0 Å². The van der Waals surface area contributed by atoms with Crippen molar-refractivity contribution in [1.29, 1.82) is 0 Å². The lowest BCUT2D eigenvalue weighted by molar-refractivity contribution is -0.529. The smallest absolute Gasteiger partial charge is 0.215 e. The lowest BCUT2D eigenvalue weighted by Crippen LogP contribution is -2.34. The zero-order chi connectivity index (χ0) is 9.02.